The summed E-state index contributed by atoms with van der Waals surface area (Å²) in [4.78, 5) is 24.5. The van der Waals surface area contributed by atoms with Crippen LogP contribution in [0.25, 0.3) is 0 Å². The van der Waals surface area contributed by atoms with Crippen molar-refractivity contribution in [1.82, 2.24) is 0 Å². The molecule has 0 spiro atoms. The van der Waals surface area contributed by atoms with Gasteiger partial charge in [0.15, 0.2) is 5.78 Å². The van der Waals surface area contributed by atoms with Gasteiger partial charge in [-0.25, -0.2) is 4.79 Å². The molecular weight excluding hydrogens is 378 g/mol. The highest BCUT2D eigenvalue weighted by atomic mass is 16.5. The van der Waals surface area contributed by atoms with Crippen molar-refractivity contribution >= 4 is 17.4 Å². The van der Waals surface area contributed by atoms with Crippen molar-refractivity contribution in [2.75, 3.05) is 5.32 Å². The molecule has 0 saturated carbocycles. The minimum absolute atomic E-state index is 0.0492. The number of fused-ring (bicyclic) bond motifs is 1. The van der Waals surface area contributed by atoms with Gasteiger partial charge in [-0.3, -0.25) is 4.79 Å². The van der Waals surface area contributed by atoms with Crippen LogP contribution in [-0.2, 0) is 0 Å². The van der Waals surface area contributed by atoms with Crippen LogP contribution in [0.2, 0.25) is 0 Å². The molecule has 3 aromatic carbocycles. The van der Waals surface area contributed by atoms with E-state index in [0.29, 0.717) is 23.4 Å². The minimum Gasteiger partial charge on any atom is -0.484 e. The number of ketones is 1. The van der Waals surface area contributed by atoms with Crippen molar-refractivity contribution in [2.24, 2.45) is 0 Å². The van der Waals surface area contributed by atoms with Crippen LogP contribution in [0.15, 0.2) is 66.7 Å². The monoisotopic (exact) mass is 401 g/mol. The summed E-state index contributed by atoms with van der Waals surface area (Å²) in [7, 11) is 0. The molecule has 152 valence electrons. The molecule has 0 aliphatic carbocycles. The molecule has 1 unspecified atom stereocenters. The Hall–Kier alpha value is -3.60. The number of carboxylic acids is 1. The maximum Gasteiger partial charge on any atom is 0.337 e. The summed E-state index contributed by atoms with van der Waals surface area (Å²) >= 11 is 0. The van der Waals surface area contributed by atoms with Gasteiger partial charge in [-0.2, -0.15) is 0 Å². The Balaban J connectivity index is 1.72. The van der Waals surface area contributed by atoms with E-state index in [1.165, 1.54) is 0 Å². The molecule has 0 bridgehead atoms. The van der Waals surface area contributed by atoms with Crippen molar-refractivity contribution in [3.05, 3.63) is 94.5 Å². The number of ether oxygens (including phenoxy) is 1. The van der Waals surface area contributed by atoms with E-state index in [1.807, 2.05) is 56.3 Å². The lowest BCUT2D eigenvalue weighted by Gasteiger charge is -2.30. The van der Waals surface area contributed by atoms with Crippen LogP contribution in [0.3, 0.4) is 0 Å². The normalized spacial score (nSPS) is 16.3. The summed E-state index contributed by atoms with van der Waals surface area (Å²) in [5.41, 5.74) is 4.05. The van der Waals surface area contributed by atoms with E-state index in [4.69, 9.17) is 4.74 Å². The number of carbonyl (C=O) groups excluding carboxylic acids is 1. The largest absolute Gasteiger partial charge is 0.484 e. The first-order valence-electron chi connectivity index (χ1n) is 9.92. The van der Waals surface area contributed by atoms with E-state index < -0.39 is 5.97 Å². The molecule has 0 amide bonds. The Labute approximate surface area is 175 Å². The van der Waals surface area contributed by atoms with Crippen LogP contribution in [0.1, 0.15) is 62.9 Å². The molecule has 30 heavy (non-hydrogen) atoms. The lowest BCUT2D eigenvalue weighted by atomic mass is 9.91. The average molecular weight is 401 g/mol. The van der Waals surface area contributed by atoms with E-state index >= 15 is 0 Å². The molecule has 4 rings (SSSR count). The molecule has 1 aliphatic rings. The molecule has 0 aromatic heterocycles. The standard InChI is InChI=1S/C25H23NO4/c1-15-12-19(16(2)26-21-11-7-6-10-18(21)25(28)29)24-20(13-15)22(27)14-23(30-24)17-8-4-3-5-9-17/h3-13,16,23,26H,14H2,1-2H3,(H,28,29)/t16-,23?/m1/s1. The van der Waals surface area contributed by atoms with E-state index in [-0.39, 0.29) is 23.5 Å². The predicted molar refractivity (Wildman–Crippen MR) is 115 cm³/mol. The van der Waals surface area contributed by atoms with Gasteiger partial charge < -0.3 is 15.2 Å². The molecule has 1 aliphatic heterocycles. The van der Waals surface area contributed by atoms with Gasteiger partial charge in [0.2, 0.25) is 0 Å². The number of anilines is 1. The van der Waals surface area contributed by atoms with Crippen LogP contribution >= 0.6 is 0 Å². The molecule has 5 heteroatoms. The summed E-state index contributed by atoms with van der Waals surface area (Å²) in [6.07, 6.45) is -0.0463. The predicted octanol–water partition coefficient (Wildman–Crippen LogP) is 5.57. The number of hydrogen-bond acceptors (Lipinski definition) is 4. The van der Waals surface area contributed by atoms with Gasteiger partial charge in [-0.05, 0) is 43.2 Å². The van der Waals surface area contributed by atoms with E-state index in [2.05, 4.69) is 5.32 Å². The second-order valence-electron chi connectivity index (χ2n) is 7.59. The maximum atomic E-state index is 12.9. The van der Waals surface area contributed by atoms with Crippen molar-refractivity contribution < 1.29 is 19.4 Å². The van der Waals surface area contributed by atoms with Crippen LogP contribution in [0.4, 0.5) is 5.69 Å². The van der Waals surface area contributed by atoms with E-state index in [0.717, 1.165) is 16.7 Å². The molecule has 0 saturated heterocycles. The van der Waals surface area contributed by atoms with E-state index in [1.54, 1.807) is 24.3 Å². The van der Waals surface area contributed by atoms with Crippen molar-refractivity contribution in [1.29, 1.82) is 0 Å². The Bertz CT molecular complexity index is 1110. The highest BCUT2D eigenvalue weighted by molar-refractivity contribution is 6.01. The summed E-state index contributed by atoms with van der Waals surface area (Å²) in [5, 5.41) is 12.8. The van der Waals surface area contributed by atoms with Gasteiger partial charge >= 0.3 is 5.97 Å². The van der Waals surface area contributed by atoms with Gasteiger partial charge in [0, 0.05) is 11.3 Å². The zero-order chi connectivity index (χ0) is 21.3. The third kappa shape index (κ3) is 3.79. The van der Waals surface area contributed by atoms with Crippen molar-refractivity contribution in [3.8, 4) is 5.75 Å². The number of aromatic carboxylic acids is 1. The van der Waals surface area contributed by atoms with E-state index in [9.17, 15) is 14.7 Å². The van der Waals surface area contributed by atoms with Gasteiger partial charge in [0.05, 0.1) is 23.6 Å². The van der Waals surface area contributed by atoms with Crippen LogP contribution in [-0.4, -0.2) is 16.9 Å². The zero-order valence-electron chi connectivity index (χ0n) is 16.9. The Morgan fingerprint density at radius 3 is 2.53 bits per heavy atom. The number of benzene rings is 3. The average Bonchev–Trinajstić information content (AvgIpc) is 2.74. The number of para-hydroxylation sites is 1. The number of carbonyl (C=O) groups is 2. The number of aryl methyl sites for hydroxylation is 1. The topological polar surface area (TPSA) is 75.6 Å². The third-order valence-electron chi connectivity index (χ3n) is 5.36. The lowest BCUT2D eigenvalue weighted by molar-refractivity contribution is 0.0697. The van der Waals surface area contributed by atoms with Crippen LogP contribution in [0.5, 0.6) is 5.75 Å². The van der Waals surface area contributed by atoms with Crippen LogP contribution < -0.4 is 10.1 Å². The molecule has 0 radical (unpaired) electrons. The minimum atomic E-state index is -0.993. The number of rotatable bonds is 5. The number of nitrogens with one attached hydrogen (secondary N) is 1. The quantitative estimate of drug-likeness (QED) is 0.584. The highest BCUT2D eigenvalue weighted by Crippen LogP contribution is 2.41. The summed E-state index contributed by atoms with van der Waals surface area (Å²) in [6, 6.07) is 20.1. The first-order valence-corrected chi connectivity index (χ1v) is 9.92. The summed E-state index contributed by atoms with van der Waals surface area (Å²) < 4.78 is 6.33. The first-order chi connectivity index (χ1) is 14.4. The Morgan fingerprint density at radius 1 is 1.10 bits per heavy atom. The van der Waals surface area contributed by atoms with Crippen molar-refractivity contribution in [2.45, 2.75) is 32.4 Å². The third-order valence-corrected chi connectivity index (χ3v) is 5.36. The van der Waals surface area contributed by atoms with Gasteiger partial charge in [-0.1, -0.05) is 48.5 Å². The fourth-order valence-electron chi connectivity index (χ4n) is 3.88. The fraction of sp³-hybridized carbons (Fsp3) is 0.200. The maximum absolute atomic E-state index is 12.9. The number of carboxylic acid groups (broad SMARTS) is 1. The molecular formula is C25H23NO4. The van der Waals surface area contributed by atoms with Gasteiger partial charge in [0.25, 0.3) is 0 Å². The fourth-order valence-corrected chi connectivity index (χ4v) is 3.88. The molecule has 0 fully saturated rings. The van der Waals surface area contributed by atoms with Gasteiger partial charge in [-0.15, -0.1) is 0 Å². The number of hydrogen-bond donors (Lipinski definition) is 2. The second-order valence-corrected chi connectivity index (χ2v) is 7.59. The highest BCUT2D eigenvalue weighted by Gasteiger charge is 2.31. The molecule has 1 heterocycles. The molecule has 2 N–H and O–H groups in total. The first kappa shape index (κ1) is 19.7. The lowest BCUT2D eigenvalue weighted by Crippen LogP contribution is -2.23. The molecule has 3 aromatic rings. The Morgan fingerprint density at radius 2 is 1.80 bits per heavy atom. The Kier molecular flexibility index (Phi) is 5.27. The van der Waals surface area contributed by atoms with Gasteiger partial charge in [0.1, 0.15) is 11.9 Å². The smallest absolute Gasteiger partial charge is 0.337 e. The molecule has 5 nitrogen and oxygen atoms in total. The zero-order valence-corrected chi connectivity index (χ0v) is 16.9. The van der Waals surface area contributed by atoms with Crippen molar-refractivity contribution in [3.63, 3.8) is 0 Å². The number of Topliss-reactive ketones (excluding diaryl/α,β-unsaturated/α-hetero) is 1. The summed E-state index contributed by atoms with van der Waals surface area (Å²) in [5.74, 6) is -0.376. The summed E-state index contributed by atoms with van der Waals surface area (Å²) in [6.45, 7) is 3.88. The molecule has 2 atom stereocenters. The SMILES string of the molecule is Cc1cc2c(c([C@@H](C)Nc3ccccc3C(=O)O)c1)OC(c1ccccc1)CC2=O. The second kappa shape index (κ2) is 8.03. The van der Waals surface area contributed by atoms with Crippen LogP contribution in [0, 0.1) is 6.92 Å².